The van der Waals surface area contributed by atoms with E-state index in [9.17, 15) is 9.18 Å². The Bertz CT molecular complexity index is 487. The molecule has 0 N–H and O–H groups in total. The van der Waals surface area contributed by atoms with Gasteiger partial charge in [0, 0.05) is 6.07 Å². The van der Waals surface area contributed by atoms with E-state index in [0.29, 0.717) is 12.2 Å². The Morgan fingerprint density at radius 3 is 2.42 bits per heavy atom. The molecule has 1 fully saturated rings. The minimum Gasteiger partial charge on any atom is -0.493 e. The maximum Gasteiger partial charge on any atom is 0.194 e. The van der Waals surface area contributed by atoms with Crippen molar-refractivity contribution in [3.05, 3.63) is 23.5 Å². The number of ether oxygens (including phenoxy) is 3. The predicted molar refractivity (Wildman–Crippen MR) is 67.4 cm³/mol. The zero-order valence-corrected chi connectivity index (χ0v) is 11.2. The molecule has 1 aliphatic heterocycles. The molecule has 2 atom stereocenters. The van der Waals surface area contributed by atoms with Gasteiger partial charge in [0.2, 0.25) is 0 Å². The van der Waals surface area contributed by atoms with Crippen LogP contribution in [0, 0.1) is 5.82 Å². The van der Waals surface area contributed by atoms with Crippen molar-refractivity contribution in [2.75, 3.05) is 14.2 Å². The normalized spacial score (nSPS) is 22.3. The highest BCUT2D eigenvalue weighted by atomic mass is 19.1. The summed E-state index contributed by atoms with van der Waals surface area (Å²) in [6.07, 6.45) is 0.902. The van der Waals surface area contributed by atoms with Gasteiger partial charge < -0.3 is 14.2 Å². The SMILES string of the molecule is COc1cc(F)c(C(=O)C2CCC(C)O2)cc1OC. The first-order chi connectivity index (χ1) is 9.06. The maximum atomic E-state index is 13.9. The fourth-order valence-corrected chi connectivity index (χ4v) is 2.21. The molecule has 0 spiro atoms. The van der Waals surface area contributed by atoms with E-state index in [-0.39, 0.29) is 23.2 Å². The highest BCUT2D eigenvalue weighted by Crippen LogP contribution is 2.32. The van der Waals surface area contributed by atoms with Crippen LogP contribution in [0.4, 0.5) is 4.39 Å². The number of methoxy groups -OCH3 is 2. The largest absolute Gasteiger partial charge is 0.493 e. The number of Topliss-reactive ketones (excluding diaryl/α,β-unsaturated/α-hetero) is 1. The Labute approximate surface area is 111 Å². The Balaban J connectivity index is 2.31. The Kier molecular flexibility index (Phi) is 4.04. The number of halogens is 1. The summed E-state index contributed by atoms with van der Waals surface area (Å²) in [6.45, 7) is 1.90. The molecule has 0 bridgehead atoms. The number of carbonyl (C=O) groups excluding carboxylic acids is 1. The van der Waals surface area contributed by atoms with Crippen LogP contribution in [0.25, 0.3) is 0 Å². The molecule has 1 aliphatic rings. The lowest BCUT2D eigenvalue weighted by molar-refractivity contribution is 0.0429. The summed E-state index contributed by atoms with van der Waals surface area (Å²) in [5.41, 5.74) is -0.0169. The Morgan fingerprint density at radius 1 is 1.26 bits per heavy atom. The van der Waals surface area contributed by atoms with Gasteiger partial charge in [-0.3, -0.25) is 4.79 Å². The van der Waals surface area contributed by atoms with E-state index in [2.05, 4.69) is 0 Å². The molecule has 0 aromatic heterocycles. The van der Waals surface area contributed by atoms with Gasteiger partial charge in [0.15, 0.2) is 17.3 Å². The van der Waals surface area contributed by atoms with Gasteiger partial charge in [0.05, 0.1) is 25.9 Å². The first-order valence-corrected chi connectivity index (χ1v) is 6.18. The van der Waals surface area contributed by atoms with Crippen molar-refractivity contribution in [1.29, 1.82) is 0 Å². The average Bonchev–Trinajstić information content (AvgIpc) is 2.84. The molecule has 5 heteroatoms. The van der Waals surface area contributed by atoms with Crippen molar-refractivity contribution >= 4 is 5.78 Å². The quantitative estimate of drug-likeness (QED) is 0.787. The maximum absolute atomic E-state index is 13.9. The Hall–Kier alpha value is -1.62. The van der Waals surface area contributed by atoms with Crippen molar-refractivity contribution in [2.45, 2.75) is 32.0 Å². The topological polar surface area (TPSA) is 44.8 Å². The molecule has 2 rings (SSSR count). The lowest BCUT2D eigenvalue weighted by Crippen LogP contribution is -2.22. The fraction of sp³-hybridized carbons (Fsp3) is 0.500. The monoisotopic (exact) mass is 268 g/mol. The van der Waals surface area contributed by atoms with Crippen molar-refractivity contribution in [1.82, 2.24) is 0 Å². The second-order valence-corrected chi connectivity index (χ2v) is 4.56. The lowest BCUT2D eigenvalue weighted by Gasteiger charge is -2.13. The zero-order chi connectivity index (χ0) is 14.0. The number of carbonyl (C=O) groups is 1. The van der Waals surface area contributed by atoms with E-state index in [1.165, 1.54) is 20.3 Å². The molecule has 2 unspecified atom stereocenters. The minimum atomic E-state index is -0.620. The van der Waals surface area contributed by atoms with Gasteiger partial charge in [-0.25, -0.2) is 4.39 Å². The van der Waals surface area contributed by atoms with Gasteiger partial charge in [-0.15, -0.1) is 0 Å². The van der Waals surface area contributed by atoms with Crippen LogP contribution in [-0.2, 0) is 4.74 Å². The number of rotatable bonds is 4. The summed E-state index contributed by atoms with van der Waals surface area (Å²) in [5, 5.41) is 0. The molecule has 19 heavy (non-hydrogen) atoms. The van der Waals surface area contributed by atoms with Gasteiger partial charge in [-0.2, -0.15) is 0 Å². The molecule has 1 aromatic carbocycles. The molecule has 1 saturated heterocycles. The van der Waals surface area contributed by atoms with E-state index in [1.807, 2.05) is 6.92 Å². The van der Waals surface area contributed by atoms with Crippen LogP contribution in [-0.4, -0.2) is 32.2 Å². The second-order valence-electron chi connectivity index (χ2n) is 4.56. The highest BCUT2D eigenvalue weighted by Gasteiger charge is 2.31. The zero-order valence-electron chi connectivity index (χ0n) is 11.2. The molecule has 0 aliphatic carbocycles. The smallest absolute Gasteiger partial charge is 0.194 e. The number of hydrogen-bond donors (Lipinski definition) is 0. The van der Waals surface area contributed by atoms with Crippen LogP contribution in [0.15, 0.2) is 12.1 Å². The third kappa shape index (κ3) is 2.71. The van der Waals surface area contributed by atoms with E-state index in [1.54, 1.807) is 0 Å². The molecule has 0 radical (unpaired) electrons. The van der Waals surface area contributed by atoms with Crippen LogP contribution in [0.5, 0.6) is 11.5 Å². The van der Waals surface area contributed by atoms with Crippen LogP contribution in [0.1, 0.15) is 30.1 Å². The molecule has 0 saturated carbocycles. The summed E-state index contributed by atoms with van der Waals surface area (Å²) >= 11 is 0. The molecule has 4 nitrogen and oxygen atoms in total. The number of ketones is 1. The average molecular weight is 268 g/mol. The third-order valence-electron chi connectivity index (χ3n) is 3.26. The summed E-state index contributed by atoms with van der Waals surface area (Å²) in [6, 6.07) is 2.52. The van der Waals surface area contributed by atoms with Crippen LogP contribution in [0.2, 0.25) is 0 Å². The van der Waals surface area contributed by atoms with Crippen LogP contribution >= 0.6 is 0 Å². The molecule has 1 heterocycles. The summed E-state index contributed by atoms with van der Waals surface area (Å²) in [5.74, 6) is -0.371. The molecular formula is C14H17FO4. The Morgan fingerprint density at radius 2 is 1.89 bits per heavy atom. The van der Waals surface area contributed by atoms with Crippen molar-refractivity contribution in [2.24, 2.45) is 0 Å². The molecule has 1 aromatic rings. The second kappa shape index (κ2) is 5.57. The highest BCUT2D eigenvalue weighted by molar-refractivity contribution is 6.00. The van der Waals surface area contributed by atoms with E-state index in [4.69, 9.17) is 14.2 Å². The van der Waals surface area contributed by atoms with Gasteiger partial charge in [-0.05, 0) is 25.8 Å². The van der Waals surface area contributed by atoms with Crippen LogP contribution < -0.4 is 9.47 Å². The predicted octanol–water partition coefficient (Wildman–Crippen LogP) is 2.59. The van der Waals surface area contributed by atoms with E-state index >= 15 is 0 Å². The minimum absolute atomic E-state index is 0.0169. The van der Waals surface area contributed by atoms with Crippen molar-refractivity contribution in [3.63, 3.8) is 0 Å². The number of benzene rings is 1. The molecule has 104 valence electrons. The first kappa shape index (κ1) is 13.8. The van der Waals surface area contributed by atoms with Gasteiger partial charge in [-0.1, -0.05) is 0 Å². The lowest BCUT2D eigenvalue weighted by atomic mass is 10.0. The standard InChI is InChI=1S/C14H17FO4/c1-8-4-5-11(19-8)14(16)9-6-12(17-2)13(18-3)7-10(9)15/h6-8,11H,4-5H2,1-3H3. The van der Waals surface area contributed by atoms with Crippen molar-refractivity contribution in [3.8, 4) is 11.5 Å². The van der Waals surface area contributed by atoms with Crippen LogP contribution in [0.3, 0.4) is 0 Å². The van der Waals surface area contributed by atoms with Gasteiger partial charge in [0.25, 0.3) is 0 Å². The van der Waals surface area contributed by atoms with E-state index < -0.39 is 11.9 Å². The first-order valence-electron chi connectivity index (χ1n) is 6.18. The van der Waals surface area contributed by atoms with Gasteiger partial charge >= 0.3 is 0 Å². The summed E-state index contributed by atoms with van der Waals surface area (Å²) in [7, 11) is 2.86. The number of hydrogen-bond acceptors (Lipinski definition) is 4. The fourth-order valence-electron chi connectivity index (χ4n) is 2.21. The van der Waals surface area contributed by atoms with Crippen molar-refractivity contribution < 1.29 is 23.4 Å². The van der Waals surface area contributed by atoms with E-state index in [0.717, 1.165) is 12.5 Å². The third-order valence-corrected chi connectivity index (χ3v) is 3.26. The summed E-state index contributed by atoms with van der Waals surface area (Å²) < 4.78 is 29.5. The van der Waals surface area contributed by atoms with Gasteiger partial charge in [0.1, 0.15) is 11.9 Å². The molecular weight excluding hydrogens is 251 g/mol. The molecule has 0 amide bonds. The summed E-state index contributed by atoms with van der Waals surface area (Å²) in [4.78, 5) is 12.2.